The molecule has 1 atom stereocenters. The van der Waals surface area contributed by atoms with E-state index < -0.39 is 37.2 Å². The van der Waals surface area contributed by atoms with Crippen LogP contribution in [0.2, 0.25) is 0 Å². The minimum absolute atomic E-state index is 0.239. The van der Waals surface area contributed by atoms with Crippen molar-refractivity contribution >= 4 is 11.9 Å². The number of hydrogen-bond acceptors (Lipinski definition) is 5. The molecule has 0 fully saturated rings. The number of rotatable bonds is 12. The van der Waals surface area contributed by atoms with Crippen molar-refractivity contribution in [3.63, 3.8) is 0 Å². The number of unbranched alkanes of at least 4 members (excludes halogenated alkanes) is 2. The van der Waals surface area contributed by atoms with Crippen molar-refractivity contribution in [2.24, 2.45) is 5.92 Å². The molecule has 1 unspecified atom stereocenters. The molecule has 0 amide bonds. The van der Waals surface area contributed by atoms with Crippen molar-refractivity contribution in [2.45, 2.75) is 51.6 Å². The quantitative estimate of drug-likeness (QED) is 0.287. The summed E-state index contributed by atoms with van der Waals surface area (Å²) in [5.74, 6) is -2.52. The van der Waals surface area contributed by atoms with E-state index in [1.54, 1.807) is 0 Å². The molecule has 0 aromatic rings. The number of aliphatic hydroxyl groups excluding tert-OH is 2. The fraction of sp³-hybridized carbons (Fsp3) is 0.733. The fourth-order valence-corrected chi connectivity index (χ4v) is 1.82. The van der Waals surface area contributed by atoms with Crippen LogP contribution in [0.15, 0.2) is 12.2 Å². The summed E-state index contributed by atoms with van der Waals surface area (Å²) < 4.78 is 4.78. The van der Waals surface area contributed by atoms with Gasteiger partial charge in [-0.3, -0.25) is 9.59 Å². The van der Waals surface area contributed by atoms with E-state index in [1.807, 2.05) is 0 Å². The number of carbonyl (C=O) groups is 2. The second kappa shape index (κ2) is 12.3. The van der Waals surface area contributed by atoms with Crippen LogP contribution in [0.25, 0.3) is 0 Å². The number of allylic oxidation sites excluding steroid dienone is 2. The number of carboxylic acid groups (broad SMARTS) is 1. The van der Waals surface area contributed by atoms with E-state index in [2.05, 4.69) is 19.1 Å². The smallest absolute Gasteiger partial charge is 0.307 e. The molecule has 6 heteroatoms. The lowest BCUT2D eigenvalue weighted by atomic mass is 9.98. The van der Waals surface area contributed by atoms with Crippen LogP contribution in [-0.4, -0.2) is 46.6 Å². The van der Waals surface area contributed by atoms with Gasteiger partial charge in [0.25, 0.3) is 0 Å². The molecule has 0 aliphatic carbocycles. The minimum atomic E-state index is -1.03. The first kappa shape index (κ1) is 19.6. The van der Waals surface area contributed by atoms with Crippen molar-refractivity contribution in [1.29, 1.82) is 0 Å². The third-order valence-corrected chi connectivity index (χ3v) is 3.04. The Balaban J connectivity index is 4.09. The molecule has 0 saturated carbocycles. The monoisotopic (exact) mass is 302 g/mol. The Morgan fingerprint density at radius 3 is 2.33 bits per heavy atom. The van der Waals surface area contributed by atoms with E-state index in [-0.39, 0.29) is 6.42 Å². The van der Waals surface area contributed by atoms with Crippen LogP contribution in [0, 0.1) is 5.92 Å². The zero-order valence-corrected chi connectivity index (χ0v) is 12.5. The number of ether oxygens (including phenoxy) is 1. The number of carbonyl (C=O) groups excluding carboxylic acids is 1. The summed E-state index contributed by atoms with van der Waals surface area (Å²) in [4.78, 5) is 22.6. The molecule has 0 spiro atoms. The highest BCUT2D eigenvalue weighted by atomic mass is 16.6. The Morgan fingerprint density at radius 1 is 1.14 bits per heavy atom. The van der Waals surface area contributed by atoms with Gasteiger partial charge < -0.3 is 20.1 Å². The first-order valence-electron chi connectivity index (χ1n) is 7.34. The van der Waals surface area contributed by atoms with Gasteiger partial charge in [-0.05, 0) is 25.7 Å². The highest BCUT2D eigenvalue weighted by molar-refractivity contribution is 5.78. The Labute approximate surface area is 125 Å². The maximum atomic E-state index is 11.5. The summed E-state index contributed by atoms with van der Waals surface area (Å²) >= 11 is 0. The van der Waals surface area contributed by atoms with Crippen LogP contribution in [0.3, 0.4) is 0 Å². The highest BCUT2D eigenvalue weighted by Crippen LogP contribution is 2.16. The van der Waals surface area contributed by atoms with Crippen LogP contribution >= 0.6 is 0 Å². The predicted octanol–water partition coefficient (Wildman–Crippen LogP) is 1.50. The maximum Gasteiger partial charge on any atom is 0.307 e. The average molecular weight is 302 g/mol. The zero-order valence-electron chi connectivity index (χ0n) is 12.5. The van der Waals surface area contributed by atoms with Crippen molar-refractivity contribution in [1.82, 2.24) is 0 Å². The molecular weight excluding hydrogens is 276 g/mol. The Morgan fingerprint density at radius 2 is 1.81 bits per heavy atom. The van der Waals surface area contributed by atoms with Crippen LogP contribution in [0.4, 0.5) is 0 Å². The summed E-state index contributed by atoms with van der Waals surface area (Å²) in [6, 6.07) is 0. The van der Waals surface area contributed by atoms with Crippen molar-refractivity contribution in [3.05, 3.63) is 12.2 Å². The highest BCUT2D eigenvalue weighted by Gasteiger charge is 2.23. The molecule has 3 N–H and O–H groups in total. The third-order valence-electron chi connectivity index (χ3n) is 3.04. The van der Waals surface area contributed by atoms with Gasteiger partial charge >= 0.3 is 11.9 Å². The van der Waals surface area contributed by atoms with Gasteiger partial charge in [-0.15, -0.1) is 0 Å². The fourth-order valence-electron chi connectivity index (χ4n) is 1.82. The topological polar surface area (TPSA) is 104 Å². The summed E-state index contributed by atoms with van der Waals surface area (Å²) in [5.41, 5.74) is 0. The van der Waals surface area contributed by atoms with Crippen molar-refractivity contribution in [2.75, 3.05) is 13.2 Å². The minimum Gasteiger partial charge on any atom is -0.481 e. The molecule has 0 aliphatic heterocycles. The van der Waals surface area contributed by atoms with Gasteiger partial charge in [-0.2, -0.15) is 0 Å². The van der Waals surface area contributed by atoms with Crippen LogP contribution in [0.5, 0.6) is 0 Å². The molecule has 0 radical (unpaired) electrons. The van der Waals surface area contributed by atoms with Gasteiger partial charge in [0.15, 0.2) is 0 Å². The lowest BCUT2D eigenvalue weighted by Gasteiger charge is -2.15. The van der Waals surface area contributed by atoms with Gasteiger partial charge in [-0.25, -0.2) is 0 Å². The number of esters is 1. The summed E-state index contributed by atoms with van der Waals surface area (Å²) in [6.45, 7) is 1.09. The molecule has 122 valence electrons. The average Bonchev–Trinajstić information content (AvgIpc) is 2.46. The SMILES string of the molecule is CC/C=C/CCCCC(CC(=O)OC(CO)CO)C(=O)O. The standard InChI is InChI=1S/C15H26O6/c1-2-3-4-5-6-7-8-12(15(19)20)9-14(18)21-13(10-16)11-17/h3-4,12-13,16-17H,2,5-11H2,1H3,(H,19,20)/b4-3+. The van der Waals surface area contributed by atoms with Crippen molar-refractivity contribution in [3.8, 4) is 0 Å². The second-order valence-electron chi connectivity index (χ2n) is 4.88. The van der Waals surface area contributed by atoms with E-state index in [0.29, 0.717) is 6.42 Å². The van der Waals surface area contributed by atoms with Gasteiger partial charge in [0.1, 0.15) is 6.10 Å². The van der Waals surface area contributed by atoms with E-state index in [4.69, 9.17) is 20.1 Å². The van der Waals surface area contributed by atoms with Crippen molar-refractivity contribution < 1.29 is 29.6 Å². The van der Waals surface area contributed by atoms with E-state index in [1.165, 1.54) is 0 Å². The van der Waals surface area contributed by atoms with E-state index in [9.17, 15) is 9.59 Å². The molecule has 0 aliphatic rings. The molecule has 0 saturated heterocycles. The summed E-state index contributed by atoms with van der Waals surface area (Å²) in [5, 5.41) is 26.7. The normalized spacial score (nSPS) is 12.8. The molecule has 21 heavy (non-hydrogen) atoms. The largest absolute Gasteiger partial charge is 0.481 e. The Bertz CT molecular complexity index is 322. The molecule has 0 heterocycles. The lowest BCUT2D eigenvalue weighted by molar-refractivity contribution is -0.158. The van der Waals surface area contributed by atoms with Crippen LogP contribution in [0.1, 0.15) is 45.4 Å². The van der Waals surface area contributed by atoms with Crippen LogP contribution in [-0.2, 0) is 14.3 Å². The zero-order chi connectivity index (χ0) is 16.1. The second-order valence-corrected chi connectivity index (χ2v) is 4.88. The predicted molar refractivity (Wildman–Crippen MR) is 77.7 cm³/mol. The first-order valence-corrected chi connectivity index (χ1v) is 7.34. The van der Waals surface area contributed by atoms with Gasteiger partial charge in [0.2, 0.25) is 0 Å². The molecule has 0 rings (SSSR count). The number of hydrogen-bond donors (Lipinski definition) is 3. The van der Waals surface area contributed by atoms with E-state index in [0.717, 1.165) is 25.7 Å². The molecule has 6 nitrogen and oxygen atoms in total. The first-order chi connectivity index (χ1) is 10.0. The van der Waals surface area contributed by atoms with Gasteiger partial charge in [-0.1, -0.05) is 25.5 Å². The summed E-state index contributed by atoms with van der Waals surface area (Å²) in [7, 11) is 0. The van der Waals surface area contributed by atoms with Gasteiger partial charge in [0.05, 0.1) is 25.6 Å². The Hall–Kier alpha value is -1.40. The van der Waals surface area contributed by atoms with E-state index >= 15 is 0 Å². The lowest BCUT2D eigenvalue weighted by Crippen LogP contribution is -2.28. The number of aliphatic carboxylic acids is 1. The van der Waals surface area contributed by atoms with Crippen LogP contribution < -0.4 is 0 Å². The summed E-state index contributed by atoms with van der Waals surface area (Å²) in [6.07, 6.45) is 6.82. The molecule has 0 bridgehead atoms. The Kier molecular flexibility index (Phi) is 11.5. The maximum absolute atomic E-state index is 11.5. The molecular formula is C15H26O6. The number of carboxylic acids is 1. The molecule has 0 aromatic heterocycles. The third kappa shape index (κ3) is 10.0. The number of aliphatic hydroxyl groups is 2. The van der Waals surface area contributed by atoms with Gasteiger partial charge in [0, 0.05) is 0 Å². The molecule has 0 aromatic carbocycles.